The number of pyridine rings is 1. The number of nitrogens with zero attached hydrogens (tertiary/aromatic N) is 1. The highest BCUT2D eigenvalue weighted by molar-refractivity contribution is 5.46. The van der Waals surface area contributed by atoms with E-state index in [1.165, 1.54) is 0 Å². The van der Waals surface area contributed by atoms with Gasteiger partial charge in [-0.25, -0.2) is 0 Å². The number of nitrogens with one attached hydrogen (secondary N) is 1. The van der Waals surface area contributed by atoms with Crippen LogP contribution in [0.25, 0.3) is 0 Å². The number of benzene rings is 1. The number of hydrogen-bond donors (Lipinski definition) is 1. The topological polar surface area (TPSA) is 43.4 Å². The van der Waals surface area contributed by atoms with Crippen LogP contribution in [-0.2, 0) is 13.2 Å². The molecule has 4 heteroatoms. The van der Waals surface area contributed by atoms with Crippen LogP contribution >= 0.6 is 0 Å². The van der Waals surface area contributed by atoms with Gasteiger partial charge in [0.05, 0.1) is 12.3 Å². The fraction of sp³-hybridized carbons (Fsp3) is 0.353. The number of rotatable bonds is 7. The minimum absolute atomic E-state index is 0.433. The molecule has 2 rings (SSSR count). The first-order valence-electron chi connectivity index (χ1n) is 7.19. The van der Waals surface area contributed by atoms with E-state index in [9.17, 15) is 0 Å². The lowest BCUT2D eigenvalue weighted by Gasteiger charge is -2.15. The van der Waals surface area contributed by atoms with Crippen LogP contribution in [0.4, 0.5) is 0 Å². The molecule has 0 unspecified atom stereocenters. The second-order valence-corrected chi connectivity index (χ2v) is 4.77. The summed E-state index contributed by atoms with van der Waals surface area (Å²) in [5.74, 6) is 1.56. The lowest BCUT2D eigenvalue weighted by Crippen LogP contribution is -2.09. The smallest absolute Gasteiger partial charge is 0.166 e. The monoisotopic (exact) mass is 286 g/mol. The second kappa shape index (κ2) is 7.64. The largest absolute Gasteiger partial charge is 0.490 e. The normalized spacial score (nSPS) is 10.4. The third kappa shape index (κ3) is 4.20. The van der Waals surface area contributed by atoms with E-state index in [0.29, 0.717) is 13.2 Å². The Kier molecular flexibility index (Phi) is 5.58. The predicted molar refractivity (Wildman–Crippen MR) is 83.7 cm³/mol. The lowest BCUT2D eigenvalue weighted by molar-refractivity contribution is 0.263. The molecule has 0 fully saturated rings. The molecule has 0 aliphatic rings. The van der Waals surface area contributed by atoms with E-state index >= 15 is 0 Å². The lowest BCUT2D eigenvalue weighted by atomic mass is 10.2. The van der Waals surface area contributed by atoms with Crippen molar-refractivity contribution in [1.82, 2.24) is 10.3 Å². The number of aromatic nitrogens is 1. The second-order valence-electron chi connectivity index (χ2n) is 4.77. The minimum atomic E-state index is 0.433. The number of ether oxygens (including phenoxy) is 2. The van der Waals surface area contributed by atoms with Crippen molar-refractivity contribution in [2.45, 2.75) is 27.0 Å². The predicted octanol–water partition coefficient (Wildman–Crippen LogP) is 3.09. The molecule has 0 aliphatic carbocycles. The summed E-state index contributed by atoms with van der Waals surface area (Å²) >= 11 is 0. The molecule has 0 atom stereocenters. The Morgan fingerprint density at radius 2 is 1.90 bits per heavy atom. The van der Waals surface area contributed by atoms with Crippen molar-refractivity contribution in [3.05, 3.63) is 53.3 Å². The van der Waals surface area contributed by atoms with Gasteiger partial charge in [0.15, 0.2) is 11.5 Å². The van der Waals surface area contributed by atoms with Crippen LogP contribution in [0, 0.1) is 6.92 Å². The van der Waals surface area contributed by atoms with E-state index < -0.39 is 0 Å². The third-order valence-electron chi connectivity index (χ3n) is 3.04. The van der Waals surface area contributed by atoms with Crippen molar-refractivity contribution in [2.75, 3.05) is 13.7 Å². The van der Waals surface area contributed by atoms with E-state index in [2.05, 4.69) is 10.3 Å². The van der Waals surface area contributed by atoms with E-state index in [-0.39, 0.29) is 0 Å². The van der Waals surface area contributed by atoms with E-state index in [1.54, 1.807) is 0 Å². The highest BCUT2D eigenvalue weighted by Crippen LogP contribution is 2.32. The average molecular weight is 286 g/mol. The van der Waals surface area contributed by atoms with E-state index in [4.69, 9.17) is 9.47 Å². The zero-order valence-corrected chi connectivity index (χ0v) is 12.8. The van der Waals surface area contributed by atoms with Gasteiger partial charge in [0, 0.05) is 17.8 Å². The van der Waals surface area contributed by atoms with Crippen LogP contribution in [0.5, 0.6) is 11.5 Å². The summed E-state index contributed by atoms with van der Waals surface area (Å²) in [6.07, 6.45) is 0. The van der Waals surface area contributed by atoms with Crippen molar-refractivity contribution in [3.8, 4) is 11.5 Å². The summed E-state index contributed by atoms with van der Waals surface area (Å²) in [7, 11) is 1.92. The van der Waals surface area contributed by atoms with Gasteiger partial charge in [0.2, 0.25) is 0 Å². The van der Waals surface area contributed by atoms with Crippen molar-refractivity contribution in [1.29, 1.82) is 0 Å². The SMILES string of the molecule is CCOc1cccc(CNC)c1OCc1cccc(C)n1. The van der Waals surface area contributed by atoms with Crippen LogP contribution < -0.4 is 14.8 Å². The fourth-order valence-electron chi connectivity index (χ4n) is 2.15. The van der Waals surface area contributed by atoms with Gasteiger partial charge in [-0.15, -0.1) is 0 Å². The van der Waals surface area contributed by atoms with Gasteiger partial charge in [0.25, 0.3) is 0 Å². The fourth-order valence-corrected chi connectivity index (χ4v) is 2.15. The highest BCUT2D eigenvalue weighted by Gasteiger charge is 2.11. The molecule has 4 nitrogen and oxygen atoms in total. The molecule has 0 radical (unpaired) electrons. The Balaban J connectivity index is 2.20. The van der Waals surface area contributed by atoms with Crippen LogP contribution in [0.2, 0.25) is 0 Å². The molecular formula is C17H22N2O2. The van der Waals surface area contributed by atoms with Crippen molar-refractivity contribution < 1.29 is 9.47 Å². The summed E-state index contributed by atoms with van der Waals surface area (Å²) < 4.78 is 11.6. The molecule has 21 heavy (non-hydrogen) atoms. The summed E-state index contributed by atoms with van der Waals surface area (Å²) in [5.41, 5.74) is 2.98. The first-order chi connectivity index (χ1) is 10.2. The van der Waals surface area contributed by atoms with Gasteiger partial charge in [-0.05, 0) is 39.1 Å². The average Bonchev–Trinajstić information content (AvgIpc) is 2.47. The molecule has 1 heterocycles. The van der Waals surface area contributed by atoms with Gasteiger partial charge in [0.1, 0.15) is 6.61 Å². The molecular weight excluding hydrogens is 264 g/mol. The highest BCUT2D eigenvalue weighted by atomic mass is 16.5. The van der Waals surface area contributed by atoms with E-state index in [1.807, 2.05) is 57.3 Å². The Bertz CT molecular complexity index is 561. The maximum Gasteiger partial charge on any atom is 0.166 e. The zero-order valence-electron chi connectivity index (χ0n) is 12.8. The Morgan fingerprint density at radius 3 is 2.62 bits per heavy atom. The van der Waals surface area contributed by atoms with Gasteiger partial charge >= 0.3 is 0 Å². The van der Waals surface area contributed by atoms with Crippen molar-refractivity contribution in [2.24, 2.45) is 0 Å². The van der Waals surface area contributed by atoms with Gasteiger partial charge in [-0.2, -0.15) is 0 Å². The van der Waals surface area contributed by atoms with Gasteiger partial charge < -0.3 is 14.8 Å². The zero-order chi connectivity index (χ0) is 15.1. The van der Waals surface area contributed by atoms with Crippen molar-refractivity contribution >= 4 is 0 Å². The molecule has 0 saturated heterocycles. The molecule has 0 spiro atoms. The maximum atomic E-state index is 5.99. The molecule has 0 amide bonds. The number of hydrogen-bond acceptors (Lipinski definition) is 4. The molecule has 1 aromatic heterocycles. The molecule has 1 aromatic carbocycles. The third-order valence-corrected chi connectivity index (χ3v) is 3.04. The Morgan fingerprint density at radius 1 is 1.10 bits per heavy atom. The molecule has 0 aliphatic heterocycles. The maximum absolute atomic E-state index is 5.99. The summed E-state index contributed by atoms with van der Waals surface area (Å²) in [5, 5.41) is 3.15. The molecule has 0 saturated carbocycles. The summed E-state index contributed by atoms with van der Waals surface area (Å²) in [6.45, 7) is 5.72. The standard InChI is InChI=1S/C17H22N2O2/c1-4-20-16-10-6-8-14(11-18-3)17(16)21-12-15-9-5-7-13(2)19-15/h5-10,18H,4,11-12H2,1-3H3. The van der Waals surface area contributed by atoms with Gasteiger partial charge in [-0.1, -0.05) is 18.2 Å². The quantitative estimate of drug-likeness (QED) is 0.849. The summed E-state index contributed by atoms with van der Waals surface area (Å²) in [4.78, 5) is 4.46. The van der Waals surface area contributed by atoms with Crippen molar-refractivity contribution in [3.63, 3.8) is 0 Å². The van der Waals surface area contributed by atoms with Crippen LogP contribution in [0.3, 0.4) is 0 Å². The summed E-state index contributed by atoms with van der Waals surface area (Å²) in [6, 6.07) is 11.9. The Labute approximate surface area is 126 Å². The molecule has 1 N–H and O–H groups in total. The molecule has 0 bridgehead atoms. The van der Waals surface area contributed by atoms with Crippen LogP contribution in [-0.4, -0.2) is 18.6 Å². The number of para-hydroxylation sites is 1. The molecule has 112 valence electrons. The van der Waals surface area contributed by atoms with Crippen LogP contribution in [0.1, 0.15) is 23.9 Å². The minimum Gasteiger partial charge on any atom is -0.490 e. The Hall–Kier alpha value is -2.07. The first-order valence-corrected chi connectivity index (χ1v) is 7.19. The van der Waals surface area contributed by atoms with E-state index in [0.717, 1.165) is 35.0 Å². The van der Waals surface area contributed by atoms with Crippen LogP contribution in [0.15, 0.2) is 36.4 Å². The number of aryl methyl sites for hydroxylation is 1. The molecule has 2 aromatic rings. The first kappa shape index (κ1) is 15.3. The van der Waals surface area contributed by atoms with Gasteiger partial charge in [-0.3, -0.25) is 4.98 Å².